The number of nitrogens with one attached hydrogen (secondary N) is 1. The van der Waals surface area contributed by atoms with E-state index < -0.39 is 0 Å². The van der Waals surface area contributed by atoms with E-state index in [-0.39, 0.29) is 0 Å². The summed E-state index contributed by atoms with van der Waals surface area (Å²) in [6, 6.07) is 4.26. The van der Waals surface area contributed by atoms with Crippen molar-refractivity contribution in [3.8, 4) is 0 Å². The lowest BCUT2D eigenvalue weighted by molar-refractivity contribution is 0.664. The Labute approximate surface area is 105 Å². The molecule has 96 valence electrons. The van der Waals surface area contributed by atoms with E-state index in [2.05, 4.69) is 48.2 Å². The second-order valence-corrected chi connectivity index (χ2v) is 4.46. The molecular weight excluding hydrogens is 210 g/mol. The zero-order chi connectivity index (χ0) is 12.5. The Bertz CT molecular complexity index is 312. The van der Waals surface area contributed by atoms with Crippen LogP contribution in [-0.2, 0) is 6.54 Å². The van der Waals surface area contributed by atoms with Crippen molar-refractivity contribution in [2.45, 2.75) is 39.7 Å². The summed E-state index contributed by atoms with van der Waals surface area (Å²) in [4.78, 5) is 6.68. The molecule has 3 nitrogen and oxygen atoms in total. The van der Waals surface area contributed by atoms with E-state index in [4.69, 9.17) is 0 Å². The van der Waals surface area contributed by atoms with Crippen molar-refractivity contribution < 1.29 is 0 Å². The lowest BCUT2D eigenvalue weighted by Crippen LogP contribution is -2.19. The van der Waals surface area contributed by atoms with Gasteiger partial charge in [-0.3, -0.25) is 4.98 Å². The molecule has 1 aromatic rings. The Morgan fingerprint density at radius 2 is 2.12 bits per heavy atom. The van der Waals surface area contributed by atoms with E-state index in [1.165, 1.54) is 18.5 Å². The predicted molar refractivity (Wildman–Crippen MR) is 74.4 cm³/mol. The lowest BCUT2D eigenvalue weighted by Gasteiger charge is -2.19. The minimum Gasteiger partial charge on any atom is -0.375 e. The summed E-state index contributed by atoms with van der Waals surface area (Å²) in [6.45, 7) is 7.43. The van der Waals surface area contributed by atoms with Gasteiger partial charge in [0.2, 0.25) is 0 Å². The van der Waals surface area contributed by atoms with Gasteiger partial charge in [0.15, 0.2) is 0 Å². The van der Waals surface area contributed by atoms with Crippen LogP contribution in [0.15, 0.2) is 18.3 Å². The van der Waals surface area contributed by atoms with Crippen LogP contribution in [0.4, 0.5) is 5.69 Å². The molecule has 0 aliphatic rings. The fourth-order valence-electron chi connectivity index (χ4n) is 1.72. The first kappa shape index (κ1) is 14.0. The molecule has 3 heteroatoms. The Balaban J connectivity index is 2.52. The molecule has 0 unspecified atom stereocenters. The van der Waals surface area contributed by atoms with Gasteiger partial charge in [0.05, 0.1) is 5.69 Å². The summed E-state index contributed by atoms with van der Waals surface area (Å²) in [7, 11) is 2.15. The molecule has 0 aromatic carbocycles. The molecule has 0 saturated carbocycles. The Hall–Kier alpha value is -1.09. The standard InChI is InChI=1S/C14H25N3/c1-4-6-10-17(3)14-7-9-16-13(11-14)12-15-8-5-2/h7,9,11,15H,4-6,8,10,12H2,1-3H3. The van der Waals surface area contributed by atoms with Crippen molar-refractivity contribution in [2.24, 2.45) is 0 Å². The number of hydrogen-bond donors (Lipinski definition) is 1. The summed E-state index contributed by atoms with van der Waals surface area (Å²) >= 11 is 0. The fourth-order valence-corrected chi connectivity index (χ4v) is 1.72. The van der Waals surface area contributed by atoms with Gasteiger partial charge < -0.3 is 10.2 Å². The first-order chi connectivity index (χ1) is 8.27. The van der Waals surface area contributed by atoms with Gasteiger partial charge in [-0.15, -0.1) is 0 Å². The van der Waals surface area contributed by atoms with Crippen molar-refractivity contribution in [3.05, 3.63) is 24.0 Å². The molecule has 0 bridgehead atoms. The number of unbranched alkanes of at least 4 members (excludes halogenated alkanes) is 1. The normalized spacial score (nSPS) is 10.5. The third-order valence-electron chi connectivity index (χ3n) is 2.82. The zero-order valence-corrected chi connectivity index (χ0v) is 11.4. The van der Waals surface area contributed by atoms with Crippen molar-refractivity contribution in [2.75, 3.05) is 25.0 Å². The molecule has 1 heterocycles. The summed E-state index contributed by atoms with van der Waals surface area (Å²) in [5.74, 6) is 0. The van der Waals surface area contributed by atoms with E-state index in [1.54, 1.807) is 0 Å². The number of anilines is 1. The average molecular weight is 235 g/mol. The molecule has 0 amide bonds. The largest absolute Gasteiger partial charge is 0.375 e. The maximum Gasteiger partial charge on any atom is 0.0562 e. The Morgan fingerprint density at radius 3 is 2.82 bits per heavy atom. The molecule has 0 spiro atoms. The van der Waals surface area contributed by atoms with Gasteiger partial charge in [0.25, 0.3) is 0 Å². The van der Waals surface area contributed by atoms with Gasteiger partial charge in [-0.25, -0.2) is 0 Å². The summed E-state index contributed by atoms with van der Waals surface area (Å²) in [6.07, 6.45) is 5.54. The van der Waals surface area contributed by atoms with Gasteiger partial charge in [0, 0.05) is 32.0 Å². The highest BCUT2D eigenvalue weighted by molar-refractivity contribution is 5.45. The highest BCUT2D eigenvalue weighted by Crippen LogP contribution is 2.13. The van der Waals surface area contributed by atoms with E-state index in [1.807, 2.05) is 6.20 Å². The quantitative estimate of drug-likeness (QED) is 0.702. The van der Waals surface area contributed by atoms with Crippen LogP contribution in [-0.4, -0.2) is 25.1 Å². The molecule has 0 atom stereocenters. The SMILES string of the molecule is CCCCN(C)c1ccnc(CNCCC)c1. The Morgan fingerprint density at radius 1 is 1.29 bits per heavy atom. The smallest absolute Gasteiger partial charge is 0.0562 e. The Kier molecular flexibility index (Phi) is 6.63. The molecule has 0 fully saturated rings. The molecular formula is C14H25N3. The van der Waals surface area contributed by atoms with Crippen molar-refractivity contribution in [1.82, 2.24) is 10.3 Å². The van der Waals surface area contributed by atoms with Gasteiger partial charge in [0.1, 0.15) is 0 Å². The first-order valence-corrected chi connectivity index (χ1v) is 6.64. The van der Waals surface area contributed by atoms with Gasteiger partial charge >= 0.3 is 0 Å². The van der Waals surface area contributed by atoms with E-state index in [0.717, 1.165) is 31.7 Å². The van der Waals surface area contributed by atoms with Crippen LogP contribution in [0.3, 0.4) is 0 Å². The molecule has 1 rings (SSSR count). The second-order valence-electron chi connectivity index (χ2n) is 4.46. The molecule has 0 aliphatic heterocycles. The topological polar surface area (TPSA) is 28.2 Å². The number of aromatic nitrogens is 1. The summed E-state index contributed by atoms with van der Waals surface area (Å²) in [5, 5.41) is 3.38. The van der Waals surface area contributed by atoms with E-state index in [9.17, 15) is 0 Å². The third-order valence-corrected chi connectivity index (χ3v) is 2.82. The number of hydrogen-bond acceptors (Lipinski definition) is 3. The van der Waals surface area contributed by atoms with Gasteiger partial charge in [-0.2, -0.15) is 0 Å². The van der Waals surface area contributed by atoms with Crippen molar-refractivity contribution in [3.63, 3.8) is 0 Å². The van der Waals surface area contributed by atoms with Crippen LogP contribution >= 0.6 is 0 Å². The highest BCUT2D eigenvalue weighted by atomic mass is 15.1. The third kappa shape index (κ3) is 5.18. The summed E-state index contributed by atoms with van der Waals surface area (Å²) in [5.41, 5.74) is 2.39. The highest BCUT2D eigenvalue weighted by Gasteiger charge is 2.02. The molecule has 1 N–H and O–H groups in total. The molecule has 17 heavy (non-hydrogen) atoms. The van der Waals surface area contributed by atoms with Crippen LogP contribution in [0.5, 0.6) is 0 Å². The van der Waals surface area contributed by atoms with E-state index >= 15 is 0 Å². The van der Waals surface area contributed by atoms with E-state index in [0.29, 0.717) is 0 Å². The fraction of sp³-hybridized carbons (Fsp3) is 0.643. The average Bonchev–Trinajstić information content (AvgIpc) is 2.36. The lowest BCUT2D eigenvalue weighted by atomic mass is 10.2. The molecule has 0 radical (unpaired) electrons. The zero-order valence-electron chi connectivity index (χ0n) is 11.4. The molecule has 0 saturated heterocycles. The van der Waals surface area contributed by atoms with Crippen LogP contribution in [0.1, 0.15) is 38.8 Å². The number of nitrogens with zero attached hydrogens (tertiary/aromatic N) is 2. The van der Waals surface area contributed by atoms with Crippen LogP contribution in [0.2, 0.25) is 0 Å². The maximum atomic E-state index is 4.38. The van der Waals surface area contributed by atoms with Crippen molar-refractivity contribution in [1.29, 1.82) is 0 Å². The monoisotopic (exact) mass is 235 g/mol. The van der Waals surface area contributed by atoms with Crippen LogP contribution in [0, 0.1) is 0 Å². The summed E-state index contributed by atoms with van der Waals surface area (Å²) < 4.78 is 0. The number of pyridine rings is 1. The predicted octanol–water partition coefficient (Wildman–Crippen LogP) is 2.82. The van der Waals surface area contributed by atoms with Gasteiger partial charge in [-0.05, 0) is 31.5 Å². The van der Waals surface area contributed by atoms with Crippen LogP contribution < -0.4 is 10.2 Å². The van der Waals surface area contributed by atoms with Crippen molar-refractivity contribution >= 4 is 5.69 Å². The number of rotatable bonds is 8. The molecule has 1 aromatic heterocycles. The second kappa shape index (κ2) is 8.07. The van der Waals surface area contributed by atoms with Crippen LogP contribution in [0.25, 0.3) is 0 Å². The minimum atomic E-state index is 0.864. The first-order valence-electron chi connectivity index (χ1n) is 6.64. The minimum absolute atomic E-state index is 0.864. The van der Waals surface area contributed by atoms with Gasteiger partial charge in [-0.1, -0.05) is 20.3 Å². The maximum absolute atomic E-state index is 4.38. The molecule has 0 aliphatic carbocycles.